The fraction of sp³-hybridized carbons (Fsp3) is 0.538. The van der Waals surface area contributed by atoms with Crippen molar-refractivity contribution in [1.82, 2.24) is 9.62 Å². The van der Waals surface area contributed by atoms with Crippen molar-refractivity contribution in [1.29, 1.82) is 0 Å². The Morgan fingerprint density at radius 2 is 2.15 bits per heavy atom. The molecule has 20 heavy (non-hydrogen) atoms. The molecule has 0 saturated carbocycles. The largest absolute Gasteiger partial charge is 0.315 e. The van der Waals surface area contributed by atoms with Crippen LogP contribution in [0.4, 0.5) is 4.39 Å². The number of nitrogens with zero attached hydrogens (tertiary/aromatic N) is 1. The van der Waals surface area contributed by atoms with E-state index in [1.807, 2.05) is 6.92 Å². The molecule has 7 heteroatoms. The van der Waals surface area contributed by atoms with Crippen LogP contribution in [0, 0.1) is 11.7 Å². The second-order valence-corrected chi connectivity index (χ2v) is 7.73. The minimum atomic E-state index is -3.83. The maximum Gasteiger partial charge on any atom is 0.246 e. The number of nitrogens with one attached hydrogen (secondary N) is 1. The number of sulfonamides is 1. The van der Waals surface area contributed by atoms with Gasteiger partial charge < -0.3 is 5.32 Å². The Kier molecular flexibility index (Phi) is 3.52. The molecule has 4 nitrogen and oxygen atoms in total. The van der Waals surface area contributed by atoms with Gasteiger partial charge in [-0.25, -0.2) is 12.8 Å². The van der Waals surface area contributed by atoms with Gasteiger partial charge in [-0.15, -0.1) is 0 Å². The van der Waals surface area contributed by atoms with Gasteiger partial charge in [0.2, 0.25) is 10.0 Å². The number of hydrogen-bond donors (Lipinski definition) is 1. The van der Waals surface area contributed by atoms with Crippen LogP contribution in [0.2, 0.25) is 5.02 Å². The molecular weight excluding hydrogens is 303 g/mol. The molecule has 110 valence electrons. The van der Waals surface area contributed by atoms with Crippen LogP contribution in [0.25, 0.3) is 0 Å². The van der Waals surface area contributed by atoms with Crippen molar-refractivity contribution in [2.24, 2.45) is 5.92 Å². The lowest BCUT2D eigenvalue weighted by Crippen LogP contribution is -2.42. The van der Waals surface area contributed by atoms with Crippen molar-refractivity contribution < 1.29 is 12.8 Å². The van der Waals surface area contributed by atoms with Gasteiger partial charge in [-0.3, -0.25) is 0 Å². The van der Waals surface area contributed by atoms with Gasteiger partial charge in [0.1, 0.15) is 10.7 Å². The molecule has 0 aromatic heterocycles. The van der Waals surface area contributed by atoms with Gasteiger partial charge in [-0.05, 0) is 44.0 Å². The third kappa shape index (κ3) is 2.15. The molecule has 3 unspecified atom stereocenters. The number of fused-ring (bicyclic) bond motifs is 1. The normalized spacial score (nSPS) is 30.6. The number of hydrogen-bond acceptors (Lipinski definition) is 3. The topological polar surface area (TPSA) is 49.4 Å². The third-order valence-corrected chi connectivity index (χ3v) is 6.47. The Morgan fingerprint density at radius 3 is 2.85 bits per heavy atom. The van der Waals surface area contributed by atoms with Gasteiger partial charge in [0, 0.05) is 23.7 Å². The minimum absolute atomic E-state index is 0.0786. The molecule has 0 bridgehead atoms. The van der Waals surface area contributed by atoms with E-state index in [0.717, 1.165) is 19.0 Å². The van der Waals surface area contributed by atoms with Crippen LogP contribution in [-0.4, -0.2) is 37.9 Å². The van der Waals surface area contributed by atoms with E-state index in [1.54, 1.807) is 0 Å². The Hall–Kier alpha value is -0.690. The van der Waals surface area contributed by atoms with Gasteiger partial charge in [-0.1, -0.05) is 11.6 Å². The summed E-state index contributed by atoms with van der Waals surface area (Å²) in [6.07, 6.45) is 0.812. The quantitative estimate of drug-likeness (QED) is 0.905. The van der Waals surface area contributed by atoms with E-state index >= 15 is 0 Å². The maximum absolute atomic E-state index is 14.0. The molecule has 2 aliphatic heterocycles. The van der Waals surface area contributed by atoms with E-state index in [2.05, 4.69) is 5.32 Å². The van der Waals surface area contributed by atoms with Crippen molar-refractivity contribution in [2.75, 3.05) is 13.1 Å². The van der Waals surface area contributed by atoms with E-state index in [4.69, 9.17) is 11.6 Å². The van der Waals surface area contributed by atoms with Gasteiger partial charge in [0.05, 0.1) is 0 Å². The highest BCUT2D eigenvalue weighted by Gasteiger charge is 2.48. The molecule has 3 rings (SSSR count). The summed E-state index contributed by atoms with van der Waals surface area (Å²) in [5, 5.41) is 3.39. The van der Waals surface area contributed by atoms with Crippen molar-refractivity contribution in [3.8, 4) is 0 Å². The van der Waals surface area contributed by atoms with Crippen LogP contribution < -0.4 is 5.32 Å². The third-order valence-electron chi connectivity index (χ3n) is 4.16. The standard InChI is InChI=1S/C13H16ClFN2O2S/c1-8-4-9-6-16-7-12(9)17(8)20(18,19)13-3-2-10(14)5-11(13)15/h2-3,5,8-9,12,16H,4,6-7H2,1H3. The summed E-state index contributed by atoms with van der Waals surface area (Å²) >= 11 is 5.69. The SMILES string of the molecule is CC1CC2CNCC2N1S(=O)(=O)c1ccc(Cl)cc1F. The van der Waals surface area contributed by atoms with Crippen LogP contribution in [0.1, 0.15) is 13.3 Å². The number of benzene rings is 1. The smallest absolute Gasteiger partial charge is 0.246 e. The Bertz CT molecular complexity index is 637. The van der Waals surface area contributed by atoms with Crippen LogP contribution in [0.15, 0.2) is 23.1 Å². The van der Waals surface area contributed by atoms with Gasteiger partial charge in [0.25, 0.3) is 0 Å². The van der Waals surface area contributed by atoms with Gasteiger partial charge in [-0.2, -0.15) is 4.31 Å². The van der Waals surface area contributed by atoms with E-state index in [1.165, 1.54) is 16.4 Å². The summed E-state index contributed by atoms with van der Waals surface area (Å²) in [7, 11) is -3.83. The second kappa shape index (κ2) is 4.94. The number of halogens is 2. The number of rotatable bonds is 2. The predicted octanol–water partition coefficient (Wildman–Crippen LogP) is 1.85. The first kappa shape index (κ1) is 14.3. The second-order valence-electron chi connectivity index (χ2n) is 5.48. The van der Waals surface area contributed by atoms with Gasteiger partial charge in [0.15, 0.2) is 0 Å². The van der Waals surface area contributed by atoms with Crippen LogP contribution >= 0.6 is 11.6 Å². The van der Waals surface area contributed by atoms with Crippen LogP contribution in [-0.2, 0) is 10.0 Å². The van der Waals surface area contributed by atoms with E-state index < -0.39 is 15.8 Å². The average molecular weight is 319 g/mol. The van der Waals surface area contributed by atoms with Gasteiger partial charge >= 0.3 is 0 Å². The lowest BCUT2D eigenvalue weighted by atomic mass is 10.0. The van der Waals surface area contributed by atoms with E-state index in [-0.39, 0.29) is 22.0 Å². The molecule has 1 N–H and O–H groups in total. The van der Waals surface area contributed by atoms with E-state index in [9.17, 15) is 12.8 Å². The molecule has 0 aliphatic carbocycles. The molecule has 3 atom stereocenters. The summed E-state index contributed by atoms with van der Waals surface area (Å²) in [5.41, 5.74) is 0. The lowest BCUT2D eigenvalue weighted by Gasteiger charge is -2.26. The summed E-state index contributed by atoms with van der Waals surface area (Å²) < 4.78 is 40.9. The maximum atomic E-state index is 14.0. The monoisotopic (exact) mass is 318 g/mol. The first-order valence-corrected chi connectivity index (χ1v) is 8.42. The first-order chi connectivity index (χ1) is 9.41. The Labute approximate surface area is 123 Å². The highest BCUT2D eigenvalue weighted by molar-refractivity contribution is 7.89. The Morgan fingerprint density at radius 1 is 1.40 bits per heavy atom. The fourth-order valence-electron chi connectivity index (χ4n) is 3.34. The summed E-state index contributed by atoms with van der Waals surface area (Å²) in [6, 6.07) is 3.51. The minimum Gasteiger partial charge on any atom is -0.315 e. The first-order valence-electron chi connectivity index (χ1n) is 6.60. The highest BCUT2D eigenvalue weighted by Crippen LogP contribution is 2.37. The molecule has 2 fully saturated rings. The summed E-state index contributed by atoms with van der Waals surface area (Å²) in [6.45, 7) is 3.33. The summed E-state index contributed by atoms with van der Waals surface area (Å²) in [4.78, 5) is -0.290. The zero-order valence-electron chi connectivity index (χ0n) is 11.0. The molecule has 2 aliphatic rings. The predicted molar refractivity (Wildman–Crippen MR) is 74.7 cm³/mol. The molecule has 2 heterocycles. The molecule has 2 saturated heterocycles. The Balaban J connectivity index is 2.03. The molecule has 0 spiro atoms. The summed E-state index contributed by atoms with van der Waals surface area (Å²) in [5.74, 6) is -0.478. The van der Waals surface area contributed by atoms with Crippen molar-refractivity contribution in [3.05, 3.63) is 29.0 Å². The molecule has 1 aromatic carbocycles. The highest BCUT2D eigenvalue weighted by atomic mass is 35.5. The molecular formula is C13H16ClFN2O2S. The fourth-order valence-corrected chi connectivity index (χ4v) is 5.43. The van der Waals surface area contributed by atoms with Crippen molar-refractivity contribution >= 4 is 21.6 Å². The van der Waals surface area contributed by atoms with Crippen molar-refractivity contribution in [3.63, 3.8) is 0 Å². The average Bonchev–Trinajstić information content (AvgIpc) is 2.87. The molecule has 0 amide bonds. The van der Waals surface area contributed by atoms with Crippen LogP contribution in [0.5, 0.6) is 0 Å². The van der Waals surface area contributed by atoms with E-state index in [0.29, 0.717) is 12.5 Å². The lowest BCUT2D eigenvalue weighted by molar-refractivity contribution is 0.334. The molecule has 1 aromatic rings. The zero-order chi connectivity index (χ0) is 14.5. The zero-order valence-corrected chi connectivity index (χ0v) is 12.6. The molecule has 0 radical (unpaired) electrons. The van der Waals surface area contributed by atoms with Crippen molar-refractivity contribution in [2.45, 2.75) is 30.3 Å². The van der Waals surface area contributed by atoms with Crippen LogP contribution in [0.3, 0.4) is 0 Å².